The number of para-hydroxylation sites is 1. The lowest BCUT2D eigenvalue weighted by Gasteiger charge is -2.21. The van der Waals surface area contributed by atoms with Gasteiger partial charge in [-0.25, -0.2) is 13.2 Å². The molecule has 0 radical (unpaired) electrons. The van der Waals surface area contributed by atoms with Crippen molar-refractivity contribution < 1.29 is 27.2 Å². The van der Waals surface area contributed by atoms with Crippen molar-refractivity contribution in [2.24, 2.45) is 0 Å². The Morgan fingerprint density at radius 2 is 1.61 bits per heavy atom. The summed E-state index contributed by atoms with van der Waals surface area (Å²) < 4.78 is 40.2. The molecule has 1 aliphatic rings. The van der Waals surface area contributed by atoms with E-state index in [1.807, 2.05) is 37.3 Å². The minimum Gasteiger partial charge on any atom is -0.462 e. The predicted molar refractivity (Wildman–Crippen MR) is 169 cm³/mol. The second-order valence-electron chi connectivity index (χ2n) is 10.2. The molecule has 0 spiro atoms. The number of allylic oxidation sites excluding steroid dienone is 1. The Morgan fingerprint density at radius 1 is 0.932 bits per heavy atom. The molecular formula is C34H31ClN2O6S. The minimum atomic E-state index is -3.95. The Hall–Kier alpha value is -4.44. The molecule has 1 aromatic heterocycles. The van der Waals surface area contributed by atoms with Gasteiger partial charge in [0.1, 0.15) is 11.5 Å². The Bertz CT molecular complexity index is 1840. The highest BCUT2D eigenvalue weighted by Crippen LogP contribution is 2.36. The fourth-order valence-electron chi connectivity index (χ4n) is 4.92. The van der Waals surface area contributed by atoms with Crippen molar-refractivity contribution in [2.75, 3.05) is 11.5 Å². The van der Waals surface area contributed by atoms with Gasteiger partial charge in [-0.15, -0.1) is 0 Å². The van der Waals surface area contributed by atoms with E-state index < -0.39 is 21.9 Å². The summed E-state index contributed by atoms with van der Waals surface area (Å²) >= 11 is 6.01. The van der Waals surface area contributed by atoms with Crippen molar-refractivity contribution >= 4 is 45.3 Å². The van der Waals surface area contributed by atoms with Crippen LogP contribution < -0.4 is 4.90 Å². The average Bonchev–Trinajstić information content (AvgIpc) is 3.55. The zero-order valence-electron chi connectivity index (χ0n) is 24.5. The van der Waals surface area contributed by atoms with E-state index in [2.05, 4.69) is 0 Å². The molecule has 3 aromatic carbocycles. The molecule has 4 aromatic rings. The normalized spacial score (nSPS) is 14.6. The SMILES string of the molecule is CCOC(=O)C1=C(C)N(c2ccccc2)C(=O)/C1=C/c1ccc(CN(Cc2ccc(C)cc2)S(=O)(=O)c2ccc(Cl)cc2)o1. The van der Waals surface area contributed by atoms with Gasteiger partial charge < -0.3 is 9.15 Å². The first-order valence-corrected chi connectivity index (χ1v) is 15.8. The first-order valence-electron chi connectivity index (χ1n) is 14.0. The van der Waals surface area contributed by atoms with E-state index in [1.54, 1.807) is 50.2 Å². The van der Waals surface area contributed by atoms with Gasteiger partial charge in [0.2, 0.25) is 10.0 Å². The van der Waals surface area contributed by atoms with Gasteiger partial charge in [-0.05, 0) is 80.9 Å². The first kappa shape index (κ1) is 31.0. The van der Waals surface area contributed by atoms with Crippen molar-refractivity contribution in [3.05, 3.63) is 136 Å². The molecule has 226 valence electrons. The van der Waals surface area contributed by atoms with Gasteiger partial charge in [-0.3, -0.25) is 9.69 Å². The number of amides is 1. The molecule has 1 amide bonds. The number of esters is 1. The Balaban J connectivity index is 1.48. The van der Waals surface area contributed by atoms with Crippen LogP contribution in [0.4, 0.5) is 5.69 Å². The van der Waals surface area contributed by atoms with E-state index in [0.717, 1.165) is 11.1 Å². The van der Waals surface area contributed by atoms with Crippen LogP contribution in [0.3, 0.4) is 0 Å². The smallest absolute Gasteiger partial charge is 0.340 e. The van der Waals surface area contributed by atoms with Crippen molar-refractivity contribution in [3.63, 3.8) is 0 Å². The topological polar surface area (TPSA) is 97.1 Å². The molecule has 0 unspecified atom stereocenters. The van der Waals surface area contributed by atoms with E-state index >= 15 is 0 Å². The molecule has 0 fully saturated rings. The number of carbonyl (C=O) groups is 2. The third kappa shape index (κ3) is 6.55. The summed E-state index contributed by atoms with van der Waals surface area (Å²) in [5.74, 6) is -0.383. The second kappa shape index (κ2) is 13.1. The minimum absolute atomic E-state index is 0.0777. The molecule has 0 aliphatic carbocycles. The zero-order valence-corrected chi connectivity index (χ0v) is 26.1. The lowest BCUT2D eigenvalue weighted by Crippen LogP contribution is -2.30. The highest BCUT2D eigenvalue weighted by Gasteiger charge is 2.38. The standard InChI is InChI=1S/C34H31ClN2O6S/c1-4-42-34(39)32-24(3)37(27-8-6-5-7-9-27)33(38)31(32)20-28-16-17-29(43-28)22-36(21-25-12-10-23(2)11-13-25)44(40,41)30-18-14-26(35)15-19-30/h5-20H,4,21-22H2,1-3H3/b31-20+. The molecule has 0 bridgehead atoms. The predicted octanol–water partition coefficient (Wildman–Crippen LogP) is 6.90. The molecule has 0 saturated heterocycles. The highest BCUT2D eigenvalue weighted by atomic mass is 35.5. The van der Waals surface area contributed by atoms with Crippen molar-refractivity contribution in [1.29, 1.82) is 0 Å². The molecular weight excluding hydrogens is 600 g/mol. The molecule has 0 saturated carbocycles. The number of hydrogen-bond donors (Lipinski definition) is 0. The summed E-state index contributed by atoms with van der Waals surface area (Å²) in [6.45, 7) is 5.52. The number of sulfonamides is 1. The van der Waals surface area contributed by atoms with Crippen LogP contribution in [-0.2, 0) is 37.4 Å². The van der Waals surface area contributed by atoms with E-state index in [9.17, 15) is 18.0 Å². The fraction of sp³-hybridized carbons (Fsp3) is 0.176. The number of furan rings is 1. The third-order valence-corrected chi connectivity index (χ3v) is 9.18. The Kier molecular flexibility index (Phi) is 9.20. The van der Waals surface area contributed by atoms with E-state index in [-0.39, 0.29) is 41.5 Å². The van der Waals surface area contributed by atoms with Gasteiger partial charge in [0.25, 0.3) is 5.91 Å². The first-order chi connectivity index (χ1) is 21.1. The van der Waals surface area contributed by atoms with Crippen LogP contribution in [0.1, 0.15) is 36.5 Å². The molecule has 2 heterocycles. The monoisotopic (exact) mass is 630 g/mol. The average molecular weight is 631 g/mol. The van der Waals surface area contributed by atoms with Crippen molar-refractivity contribution in [1.82, 2.24) is 4.31 Å². The maximum atomic E-state index is 13.8. The number of rotatable bonds is 10. The van der Waals surface area contributed by atoms with Gasteiger partial charge in [0.05, 0.1) is 29.2 Å². The van der Waals surface area contributed by atoms with Crippen molar-refractivity contribution in [3.8, 4) is 0 Å². The summed E-state index contributed by atoms with van der Waals surface area (Å²) in [5.41, 5.74) is 3.18. The number of hydrogen-bond acceptors (Lipinski definition) is 6. The quantitative estimate of drug-likeness (QED) is 0.140. The Labute approximate surface area is 261 Å². The summed E-state index contributed by atoms with van der Waals surface area (Å²) in [7, 11) is -3.95. The van der Waals surface area contributed by atoms with Crippen LogP contribution in [0.25, 0.3) is 6.08 Å². The molecule has 0 atom stereocenters. The number of aryl methyl sites for hydroxylation is 1. The lowest BCUT2D eigenvalue weighted by molar-refractivity contribution is -0.138. The number of nitrogens with zero attached hydrogens (tertiary/aromatic N) is 2. The maximum Gasteiger partial charge on any atom is 0.340 e. The van der Waals surface area contributed by atoms with Gasteiger partial charge in [-0.1, -0.05) is 59.6 Å². The molecule has 10 heteroatoms. The number of carbonyl (C=O) groups excluding carboxylic acids is 2. The number of anilines is 1. The van der Waals surface area contributed by atoms with Crippen LogP contribution >= 0.6 is 11.6 Å². The van der Waals surface area contributed by atoms with Crippen LogP contribution in [0.2, 0.25) is 5.02 Å². The van der Waals surface area contributed by atoms with Gasteiger partial charge >= 0.3 is 5.97 Å². The molecule has 5 rings (SSSR count). The maximum absolute atomic E-state index is 13.8. The number of halogens is 1. The van der Waals surface area contributed by atoms with Crippen LogP contribution in [0.15, 0.2) is 117 Å². The van der Waals surface area contributed by atoms with Gasteiger partial charge in [0, 0.05) is 23.0 Å². The molecule has 8 nitrogen and oxygen atoms in total. The summed E-state index contributed by atoms with van der Waals surface area (Å²) in [6, 6.07) is 25.9. The molecule has 44 heavy (non-hydrogen) atoms. The summed E-state index contributed by atoms with van der Waals surface area (Å²) in [5, 5.41) is 0.427. The lowest BCUT2D eigenvalue weighted by atomic mass is 10.1. The van der Waals surface area contributed by atoms with E-state index in [1.165, 1.54) is 39.5 Å². The molecule has 1 aliphatic heterocycles. The largest absolute Gasteiger partial charge is 0.462 e. The van der Waals surface area contributed by atoms with Crippen LogP contribution in [-0.4, -0.2) is 31.2 Å². The number of benzene rings is 3. The van der Waals surface area contributed by atoms with Gasteiger partial charge in [0.15, 0.2) is 0 Å². The van der Waals surface area contributed by atoms with Crippen LogP contribution in [0.5, 0.6) is 0 Å². The Morgan fingerprint density at radius 3 is 2.27 bits per heavy atom. The highest BCUT2D eigenvalue weighted by molar-refractivity contribution is 7.89. The zero-order chi connectivity index (χ0) is 31.4. The fourth-order valence-corrected chi connectivity index (χ4v) is 6.44. The molecule has 0 N–H and O–H groups in total. The van der Waals surface area contributed by atoms with E-state index in [0.29, 0.717) is 22.2 Å². The van der Waals surface area contributed by atoms with Gasteiger partial charge in [-0.2, -0.15) is 4.31 Å². The summed E-state index contributed by atoms with van der Waals surface area (Å²) in [6.07, 6.45) is 1.49. The number of ether oxygens (including phenoxy) is 1. The second-order valence-corrected chi connectivity index (χ2v) is 12.6. The van der Waals surface area contributed by atoms with Crippen LogP contribution in [0, 0.1) is 6.92 Å². The van der Waals surface area contributed by atoms with E-state index in [4.69, 9.17) is 20.8 Å². The van der Waals surface area contributed by atoms with Crippen molar-refractivity contribution in [2.45, 2.75) is 38.8 Å². The third-order valence-electron chi connectivity index (χ3n) is 7.13. The summed E-state index contributed by atoms with van der Waals surface area (Å²) in [4.78, 5) is 28.2.